The van der Waals surface area contributed by atoms with Crippen molar-refractivity contribution in [2.45, 2.75) is 6.61 Å². The molecule has 1 amide bonds. The van der Waals surface area contributed by atoms with Crippen molar-refractivity contribution >= 4 is 45.6 Å². The van der Waals surface area contributed by atoms with E-state index in [0.717, 1.165) is 22.2 Å². The van der Waals surface area contributed by atoms with Crippen LogP contribution in [0, 0.1) is 0 Å². The number of hydrogen-bond donors (Lipinski definition) is 2. The molecule has 0 unspecified atom stereocenters. The third-order valence-corrected chi connectivity index (χ3v) is 5.37. The number of likely N-dealkylation sites (N-methyl/N-ethyl adjacent to an activating group) is 1. The molecule has 0 spiro atoms. The van der Waals surface area contributed by atoms with E-state index in [1.807, 2.05) is 85.7 Å². The molecule has 2 N–H and O–H groups in total. The maximum Gasteiger partial charge on any atom is 0.248 e. The predicted octanol–water partition coefficient (Wildman–Crippen LogP) is 5.66. The molecule has 0 radical (unpaired) electrons. The molecule has 1 aromatic heterocycles. The van der Waals surface area contributed by atoms with Gasteiger partial charge in [0.1, 0.15) is 24.5 Å². The summed E-state index contributed by atoms with van der Waals surface area (Å²) in [5.41, 5.74) is 3.22. The van der Waals surface area contributed by atoms with Crippen molar-refractivity contribution in [3.8, 4) is 5.75 Å². The van der Waals surface area contributed by atoms with Crippen molar-refractivity contribution in [2.75, 3.05) is 31.3 Å². The number of amides is 1. The Morgan fingerprint density at radius 1 is 1.03 bits per heavy atom. The van der Waals surface area contributed by atoms with Crippen LogP contribution < -0.4 is 15.4 Å². The Bertz CT molecular complexity index is 1340. The Balaban J connectivity index is 1.48. The van der Waals surface area contributed by atoms with E-state index < -0.39 is 0 Å². The van der Waals surface area contributed by atoms with Crippen LogP contribution in [0.5, 0.6) is 5.75 Å². The number of anilines is 3. The van der Waals surface area contributed by atoms with Gasteiger partial charge in [-0.1, -0.05) is 48.0 Å². The lowest BCUT2D eigenvalue weighted by Gasteiger charge is -2.12. The largest absolute Gasteiger partial charge is 0.487 e. The fourth-order valence-electron chi connectivity index (χ4n) is 3.36. The number of halogens is 1. The van der Waals surface area contributed by atoms with Gasteiger partial charge in [-0.25, -0.2) is 9.97 Å². The van der Waals surface area contributed by atoms with Crippen molar-refractivity contribution in [1.82, 2.24) is 14.9 Å². The van der Waals surface area contributed by atoms with Crippen LogP contribution >= 0.6 is 11.6 Å². The molecule has 4 aromatic rings. The number of aromatic nitrogens is 2. The standard InChI is InChI=1S/C27H26ClN5O2/c1-33(2)14-6-9-26(34)31-20-10-12-24-22(15-20)27(30-18-29-24)32-21-11-13-25(23(28)16-21)35-17-19-7-4-3-5-8-19/h3-13,15-16,18H,14,17H2,1-2H3,(H,31,34)(H,29,30,32). The third kappa shape index (κ3) is 6.79. The van der Waals surface area contributed by atoms with Gasteiger partial charge in [0, 0.05) is 29.4 Å². The number of rotatable bonds is 9. The van der Waals surface area contributed by atoms with Gasteiger partial charge in [0.15, 0.2) is 0 Å². The highest BCUT2D eigenvalue weighted by Crippen LogP contribution is 2.31. The van der Waals surface area contributed by atoms with Gasteiger partial charge in [-0.05, 0) is 56.1 Å². The molecule has 1 heterocycles. The number of hydrogen-bond acceptors (Lipinski definition) is 6. The first-order chi connectivity index (χ1) is 17.0. The van der Waals surface area contributed by atoms with Crippen LogP contribution in [0.25, 0.3) is 10.9 Å². The van der Waals surface area contributed by atoms with Crippen molar-refractivity contribution in [3.63, 3.8) is 0 Å². The number of benzene rings is 3. The second-order valence-corrected chi connectivity index (χ2v) is 8.56. The zero-order valence-corrected chi connectivity index (χ0v) is 20.3. The Kier molecular flexibility index (Phi) is 7.92. The summed E-state index contributed by atoms with van der Waals surface area (Å²) < 4.78 is 5.86. The van der Waals surface area contributed by atoms with E-state index in [1.165, 1.54) is 12.4 Å². The third-order valence-electron chi connectivity index (χ3n) is 5.07. The molecule has 3 aromatic carbocycles. The minimum absolute atomic E-state index is 0.199. The lowest BCUT2D eigenvalue weighted by molar-refractivity contribution is -0.111. The van der Waals surface area contributed by atoms with Gasteiger partial charge in [0.2, 0.25) is 5.91 Å². The lowest BCUT2D eigenvalue weighted by Crippen LogP contribution is -2.12. The Morgan fingerprint density at radius 2 is 1.83 bits per heavy atom. The van der Waals surface area contributed by atoms with Gasteiger partial charge in [-0.2, -0.15) is 0 Å². The maximum atomic E-state index is 12.2. The van der Waals surface area contributed by atoms with Gasteiger partial charge in [0.25, 0.3) is 0 Å². The molecule has 0 aliphatic rings. The molecule has 0 saturated heterocycles. The number of fused-ring (bicyclic) bond motifs is 1. The molecule has 0 aliphatic carbocycles. The normalized spacial score (nSPS) is 11.2. The predicted molar refractivity (Wildman–Crippen MR) is 141 cm³/mol. The van der Waals surface area contributed by atoms with Crippen molar-refractivity contribution in [1.29, 1.82) is 0 Å². The van der Waals surface area contributed by atoms with Crippen LogP contribution in [0.15, 0.2) is 85.2 Å². The van der Waals surface area contributed by atoms with Crippen LogP contribution in [0.1, 0.15) is 5.56 Å². The zero-order valence-electron chi connectivity index (χ0n) is 19.5. The van der Waals surface area contributed by atoms with Crippen molar-refractivity contribution in [2.24, 2.45) is 0 Å². The maximum absolute atomic E-state index is 12.2. The van der Waals surface area contributed by atoms with Gasteiger partial charge in [-0.15, -0.1) is 0 Å². The summed E-state index contributed by atoms with van der Waals surface area (Å²) in [7, 11) is 3.89. The highest BCUT2D eigenvalue weighted by molar-refractivity contribution is 6.32. The second-order valence-electron chi connectivity index (χ2n) is 8.15. The Morgan fingerprint density at radius 3 is 2.60 bits per heavy atom. The van der Waals surface area contributed by atoms with Crippen LogP contribution in [0.2, 0.25) is 5.02 Å². The van der Waals surface area contributed by atoms with E-state index in [2.05, 4.69) is 20.6 Å². The average molecular weight is 488 g/mol. The first-order valence-corrected chi connectivity index (χ1v) is 11.5. The molecule has 7 nitrogen and oxygen atoms in total. The van der Waals surface area contributed by atoms with Gasteiger partial charge >= 0.3 is 0 Å². The summed E-state index contributed by atoms with van der Waals surface area (Å²) in [5.74, 6) is 1.000. The Labute approximate surface area is 209 Å². The molecule has 0 aliphatic heterocycles. The lowest BCUT2D eigenvalue weighted by atomic mass is 10.2. The van der Waals surface area contributed by atoms with Crippen LogP contribution in [0.3, 0.4) is 0 Å². The summed E-state index contributed by atoms with van der Waals surface area (Å²) in [4.78, 5) is 22.9. The average Bonchev–Trinajstić information content (AvgIpc) is 2.84. The molecule has 0 fully saturated rings. The van der Waals surface area contributed by atoms with Gasteiger partial charge < -0.3 is 20.3 Å². The first kappa shape index (κ1) is 24.2. The van der Waals surface area contributed by atoms with E-state index >= 15 is 0 Å². The first-order valence-electron chi connectivity index (χ1n) is 11.1. The van der Waals surface area contributed by atoms with Crippen molar-refractivity contribution < 1.29 is 9.53 Å². The molecule has 178 valence electrons. The van der Waals surface area contributed by atoms with Crippen molar-refractivity contribution in [3.05, 3.63) is 95.8 Å². The fourth-order valence-corrected chi connectivity index (χ4v) is 3.59. The minimum atomic E-state index is -0.199. The molecule has 4 rings (SSSR count). The SMILES string of the molecule is CN(C)CC=CC(=O)Nc1ccc2ncnc(Nc3ccc(OCc4ccccc4)c(Cl)c3)c2c1. The smallest absolute Gasteiger partial charge is 0.248 e. The quantitative estimate of drug-likeness (QED) is 0.296. The number of carbonyl (C=O) groups excluding carboxylic acids is 1. The Hall–Kier alpha value is -3.94. The molecule has 8 heteroatoms. The van der Waals surface area contributed by atoms with Crippen LogP contribution in [0.4, 0.5) is 17.2 Å². The van der Waals surface area contributed by atoms with Gasteiger partial charge in [0.05, 0.1) is 10.5 Å². The van der Waals surface area contributed by atoms with Crippen LogP contribution in [-0.2, 0) is 11.4 Å². The fraction of sp³-hybridized carbons (Fsp3) is 0.148. The highest BCUT2D eigenvalue weighted by atomic mass is 35.5. The molecule has 0 atom stereocenters. The summed E-state index contributed by atoms with van der Waals surface area (Å²) in [5, 5.41) is 7.42. The monoisotopic (exact) mass is 487 g/mol. The van der Waals surface area contributed by atoms with Gasteiger partial charge in [-0.3, -0.25) is 4.79 Å². The summed E-state index contributed by atoms with van der Waals surface area (Å²) in [6.45, 7) is 1.12. The van der Waals surface area contributed by atoms with E-state index in [4.69, 9.17) is 16.3 Å². The summed E-state index contributed by atoms with van der Waals surface area (Å²) in [6.07, 6.45) is 4.82. The number of carbonyl (C=O) groups is 1. The molecule has 0 bridgehead atoms. The summed E-state index contributed by atoms with van der Waals surface area (Å²) in [6, 6.07) is 20.9. The zero-order chi connectivity index (χ0) is 24.6. The number of ether oxygens (including phenoxy) is 1. The molecular formula is C27H26ClN5O2. The second kappa shape index (κ2) is 11.5. The van der Waals surface area contributed by atoms with E-state index in [-0.39, 0.29) is 5.91 Å². The van der Waals surface area contributed by atoms with E-state index in [0.29, 0.717) is 35.4 Å². The minimum Gasteiger partial charge on any atom is -0.487 e. The molecule has 35 heavy (non-hydrogen) atoms. The van der Waals surface area contributed by atoms with E-state index in [1.54, 1.807) is 6.07 Å². The topological polar surface area (TPSA) is 79.4 Å². The molecule has 0 saturated carbocycles. The highest BCUT2D eigenvalue weighted by Gasteiger charge is 2.09. The number of nitrogens with zero attached hydrogens (tertiary/aromatic N) is 3. The number of nitrogens with one attached hydrogen (secondary N) is 2. The summed E-state index contributed by atoms with van der Waals surface area (Å²) >= 11 is 6.47. The van der Waals surface area contributed by atoms with E-state index in [9.17, 15) is 4.79 Å². The van der Waals surface area contributed by atoms with Crippen LogP contribution in [-0.4, -0.2) is 41.4 Å². The molecular weight excluding hydrogens is 462 g/mol.